The van der Waals surface area contributed by atoms with Gasteiger partial charge in [0.15, 0.2) is 0 Å². The van der Waals surface area contributed by atoms with E-state index in [2.05, 4.69) is 76.3 Å². The fraction of sp³-hybridized carbons (Fsp3) is 0.435. The van der Waals surface area contributed by atoms with Gasteiger partial charge in [-0.25, -0.2) is 0 Å². The number of allylic oxidation sites excluding steroid dienone is 5. The maximum atomic E-state index is 4.60. The number of aliphatic imine (C=N–C) groups is 1. The quantitative estimate of drug-likeness (QED) is 0.664. The standard InChI is InChI=1S/C23H33N5/c1-4-6-20-8-7-19(14-21(20)26-10-5-2)16-27-22-17-24-11-9-23(22)28-13-12-25-15-18(28)3/h5-10,14,17-18,24-25,27H,4,11-13,15-16H2,1-3H3/b10-5-,20-6+,26-21+. The molecule has 3 N–H and O–H groups in total. The molecule has 0 bridgehead atoms. The Bertz CT molecular complexity index is 764. The van der Waals surface area contributed by atoms with Gasteiger partial charge in [0.25, 0.3) is 0 Å². The Morgan fingerprint density at radius 1 is 1.36 bits per heavy atom. The van der Waals surface area contributed by atoms with Crippen LogP contribution in [0.2, 0.25) is 0 Å². The van der Waals surface area contributed by atoms with Gasteiger partial charge in [0.2, 0.25) is 0 Å². The van der Waals surface area contributed by atoms with Crippen molar-refractivity contribution in [3.8, 4) is 0 Å². The van der Waals surface area contributed by atoms with Crippen LogP contribution in [-0.4, -0.2) is 49.4 Å². The van der Waals surface area contributed by atoms with Gasteiger partial charge in [-0.15, -0.1) is 0 Å². The number of piperazine rings is 1. The summed E-state index contributed by atoms with van der Waals surface area (Å²) in [6, 6.07) is 0.499. The predicted octanol–water partition coefficient (Wildman–Crippen LogP) is 3.01. The number of rotatable bonds is 6. The van der Waals surface area contributed by atoms with Crippen molar-refractivity contribution in [1.29, 1.82) is 0 Å². The Morgan fingerprint density at radius 2 is 2.25 bits per heavy atom. The van der Waals surface area contributed by atoms with E-state index >= 15 is 0 Å². The van der Waals surface area contributed by atoms with Crippen molar-refractivity contribution in [2.75, 3.05) is 32.7 Å². The molecule has 1 unspecified atom stereocenters. The molecular weight excluding hydrogens is 346 g/mol. The van der Waals surface area contributed by atoms with Crippen LogP contribution in [0.15, 0.2) is 76.4 Å². The topological polar surface area (TPSA) is 51.7 Å². The molecule has 3 rings (SSSR count). The third-order valence-electron chi connectivity index (χ3n) is 5.11. The molecule has 1 saturated heterocycles. The van der Waals surface area contributed by atoms with E-state index in [1.165, 1.54) is 16.8 Å². The van der Waals surface area contributed by atoms with Gasteiger partial charge in [-0.3, -0.25) is 4.99 Å². The molecule has 28 heavy (non-hydrogen) atoms. The average Bonchev–Trinajstić information content (AvgIpc) is 2.73. The molecule has 1 fully saturated rings. The first kappa shape index (κ1) is 20.2. The zero-order chi connectivity index (χ0) is 19.8. The average molecular weight is 380 g/mol. The largest absolute Gasteiger partial charge is 0.386 e. The molecule has 3 aliphatic rings. The van der Waals surface area contributed by atoms with Gasteiger partial charge in [0.1, 0.15) is 0 Å². The van der Waals surface area contributed by atoms with Gasteiger partial charge in [0.05, 0.1) is 17.1 Å². The minimum Gasteiger partial charge on any atom is -0.386 e. The van der Waals surface area contributed by atoms with Gasteiger partial charge in [-0.2, -0.15) is 0 Å². The molecule has 2 aliphatic heterocycles. The summed E-state index contributed by atoms with van der Waals surface area (Å²) in [5, 5.41) is 10.5. The van der Waals surface area contributed by atoms with E-state index in [-0.39, 0.29) is 0 Å². The number of nitrogens with zero attached hydrogens (tertiary/aromatic N) is 2. The zero-order valence-electron chi connectivity index (χ0n) is 17.3. The SMILES string of the molecule is C\C=C/N=C1\C=C(CNC2=CNCC=C2N2CCNCC2C)C=C\C1=C/CC. The van der Waals surface area contributed by atoms with Crippen molar-refractivity contribution in [1.82, 2.24) is 20.9 Å². The van der Waals surface area contributed by atoms with Crippen LogP contribution in [0.3, 0.4) is 0 Å². The summed E-state index contributed by atoms with van der Waals surface area (Å²) >= 11 is 0. The van der Waals surface area contributed by atoms with Crippen LogP contribution >= 0.6 is 0 Å². The normalized spacial score (nSPS) is 25.6. The molecule has 0 aromatic heterocycles. The second-order valence-corrected chi connectivity index (χ2v) is 7.27. The fourth-order valence-corrected chi connectivity index (χ4v) is 3.67. The van der Waals surface area contributed by atoms with Crippen LogP contribution in [0.4, 0.5) is 0 Å². The van der Waals surface area contributed by atoms with Gasteiger partial charge in [0, 0.05) is 51.2 Å². The molecule has 0 amide bonds. The second kappa shape index (κ2) is 10.1. The fourth-order valence-electron chi connectivity index (χ4n) is 3.67. The van der Waals surface area contributed by atoms with Crippen LogP contribution in [0.1, 0.15) is 27.2 Å². The third-order valence-corrected chi connectivity index (χ3v) is 5.11. The lowest BCUT2D eigenvalue weighted by Gasteiger charge is -2.39. The van der Waals surface area contributed by atoms with Crippen LogP contribution in [-0.2, 0) is 0 Å². The molecule has 2 heterocycles. The van der Waals surface area contributed by atoms with E-state index in [0.717, 1.165) is 50.6 Å². The molecule has 0 aromatic rings. The molecule has 5 heteroatoms. The molecule has 1 aliphatic carbocycles. The van der Waals surface area contributed by atoms with Crippen LogP contribution in [0.25, 0.3) is 0 Å². The maximum Gasteiger partial charge on any atom is 0.0737 e. The highest BCUT2D eigenvalue weighted by Gasteiger charge is 2.23. The van der Waals surface area contributed by atoms with E-state index in [1.54, 1.807) is 0 Å². The molecule has 150 valence electrons. The van der Waals surface area contributed by atoms with Crippen molar-refractivity contribution in [2.45, 2.75) is 33.2 Å². The first-order valence-electron chi connectivity index (χ1n) is 10.4. The first-order chi connectivity index (χ1) is 13.7. The molecular formula is C23H33N5. The van der Waals surface area contributed by atoms with Gasteiger partial charge < -0.3 is 20.9 Å². The molecule has 0 aromatic carbocycles. The molecule has 0 spiro atoms. The van der Waals surface area contributed by atoms with Gasteiger partial charge in [-0.05, 0) is 43.6 Å². The van der Waals surface area contributed by atoms with Crippen LogP contribution < -0.4 is 16.0 Å². The molecule has 1 atom stereocenters. The summed E-state index contributed by atoms with van der Waals surface area (Å²) in [6.07, 6.45) is 18.0. The summed E-state index contributed by atoms with van der Waals surface area (Å²) in [7, 11) is 0. The summed E-state index contributed by atoms with van der Waals surface area (Å²) < 4.78 is 0. The van der Waals surface area contributed by atoms with E-state index in [4.69, 9.17) is 0 Å². The lowest BCUT2D eigenvalue weighted by molar-refractivity contribution is 0.224. The van der Waals surface area contributed by atoms with Crippen LogP contribution in [0.5, 0.6) is 0 Å². The number of dihydropyridines is 1. The molecule has 5 nitrogen and oxygen atoms in total. The minimum atomic E-state index is 0.499. The lowest BCUT2D eigenvalue weighted by Crippen LogP contribution is -2.50. The number of hydrogen-bond donors (Lipinski definition) is 3. The number of nitrogens with one attached hydrogen (secondary N) is 3. The number of hydrogen-bond acceptors (Lipinski definition) is 5. The second-order valence-electron chi connectivity index (χ2n) is 7.27. The van der Waals surface area contributed by atoms with Crippen molar-refractivity contribution >= 4 is 5.71 Å². The van der Waals surface area contributed by atoms with E-state index in [1.807, 2.05) is 19.2 Å². The summed E-state index contributed by atoms with van der Waals surface area (Å²) in [6.45, 7) is 11.2. The molecule has 0 saturated carbocycles. The highest BCUT2D eigenvalue weighted by atomic mass is 15.2. The highest BCUT2D eigenvalue weighted by Crippen LogP contribution is 2.20. The predicted molar refractivity (Wildman–Crippen MR) is 119 cm³/mol. The highest BCUT2D eigenvalue weighted by molar-refractivity contribution is 6.12. The van der Waals surface area contributed by atoms with E-state index in [9.17, 15) is 0 Å². The Hall–Kier alpha value is -2.53. The first-order valence-corrected chi connectivity index (χ1v) is 10.4. The monoisotopic (exact) mass is 379 g/mol. The summed E-state index contributed by atoms with van der Waals surface area (Å²) in [5.41, 5.74) is 5.92. The maximum absolute atomic E-state index is 4.60. The van der Waals surface area contributed by atoms with Gasteiger partial charge >= 0.3 is 0 Å². The third kappa shape index (κ3) is 5.04. The Morgan fingerprint density at radius 3 is 3.04 bits per heavy atom. The summed E-state index contributed by atoms with van der Waals surface area (Å²) in [4.78, 5) is 7.11. The lowest BCUT2D eigenvalue weighted by atomic mass is 9.99. The molecule has 0 radical (unpaired) electrons. The van der Waals surface area contributed by atoms with Crippen molar-refractivity contribution in [3.05, 3.63) is 71.4 Å². The van der Waals surface area contributed by atoms with Crippen molar-refractivity contribution in [3.63, 3.8) is 0 Å². The summed E-state index contributed by atoms with van der Waals surface area (Å²) in [5.74, 6) is 0. The smallest absolute Gasteiger partial charge is 0.0737 e. The van der Waals surface area contributed by atoms with Crippen LogP contribution in [0, 0.1) is 0 Å². The van der Waals surface area contributed by atoms with Crippen molar-refractivity contribution < 1.29 is 0 Å². The Labute approximate surface area is 169 Å². The Kier molecular flexibility index (Phi) is 7.31. The minimum absolute atomic E-state index is 0.499. The Balaban J connectivity index is 1.70. The van der Waals surface area contributed by atoms with Gasteiger partial charge in [-0.1, -0.05) is 31.2 Å². The van der Waals surface area contributed by atoms with Crippen molar-refractivity contribution in [2.24, 2.45) is 4.99 Å². The zero-order valence-corrected chi connectivity index (χ0v) is 17.3. The van der Waals surface area contributed by atoms with E-state index in [0.29, 0.717) is 6.04 Å². The van der Waals surface area contributed by atoms with E-state index < -0.39 is 0 Å².